The molecule has 16 heavy (non-hydrogen) atoms. The van der Waals surface area contributed by atoms with Crippen LogP contribution in [-0.4, -0.2) is 22.5 Å². The van der Waals surface area contributed by atoms with Crippen LogP contribution < -0.4 is 5.32 Å². The van der Waals surface area contributed by atoms with Gasteiger partial charge in [-0.15, -0.1) is 0 Å². The third-order valence-electron chi connectivity index (χ3n) is 2.00. The van der Waals surface area contributed by atoms with E-state index in [1.807, 2.05) is 0 Å². The number of nitrogens with zero attached hydrogens (tertiary/aromatic N) is 3. The number of halogens is 3. The van der Waals surface area contributed by atoms with Crippen LogP contribution in [0.15, 0.2) is 6.20 Å². The monoisotopic (exact) mass is 232 g/mol. The first-order valence-corrected chi connectivity index (χ1v) is 4.53. The Hall–Kier alpha value is -1.55. The maximum Gasteiger partial charge on any atom is 0.401 e. The summed E-state index contributed by atoms with van der Waals surface area (Å²) in [6.07, 6.45) is -2.79. The van der Waals surface area contributed by atoms with Gasteiger partial charge < -0.3 is 0 Å². The SMILES string of the molecule is Cc1nn(C)cc1C(C#N)NCC(F)(F)F. The average molecular weight is 232 g/mol. The highest BCUT2D eigenvalue weighted by Crippen LogP contribution is 2.18. The van der Waals surface area contributed by atoms with Crippen LogP contribution >= 0.6 is 0 Å². The van der Waals surface area contributed by atoms with E-state index in [0.29, 0.717) is 11.3 Å². The van der Waals surface area contributed by atoms with Crippen molar-refractivity contribution < 1.29 is 13.2 Å². The molecule has 88 valence electrons. The van der Waals surface area contributed by atoms with Gasteiger partial charge in [-0.2, -0.15) is 23.5 Å². The fourth-order valence-electron chi connectivity index (χ4n) is 1.34. The maximum absolute atomic E-state index is 12.0. The van der Waals surface area contributed by atoms with Crippen LogP contribution in [0.25, 0.3) is 0 Å². The van der Waals surface area contributed by atoms with Gasteiger partial charge in [0.2, 0.25) is 0 Å². The zero-order chi connectivity index (χ0) is 12.3. The van der Waals surface area contributed by atoms with Crippen LogP contribution in [0.1, 0.15) is 17.3 Å². The molecule has 0 saturated heterocycles. The van der Waals surface area contributed by atoms with Crippen LogP contribution in [-0.2, 0) is 7.05 Å². The smallest absolute Gasteiger partial charge is 0.290 e. The molecular formula is C9H11F3N4. The summed E-state index contributed by atoms with van der Waals surface area (Å²) in [7, 11) is 1.65. The van der Waals surface area contributed by atoms with Gasteiger partial charge >= 0.3 is 6.18 Å². The molecule has 0 aliphatic carbocycles. The molecule has 0 aliphatic heterocycles. The van der Waals surface area contributed by atoms with E-state index in [9.17, 15) is 13.2 Å². The van der Waals surface area contributed by atoms with Crippen molar-refractivity contribution in [3.8, 4) is 6.07 Å². The summed E-state index contributed by atoms with van der Waals surface area (Å²) in [5.41, 5.74) is 1.01. The summed E-state index contributed by atoms with van der Waals surface area (Å²) in [5.74, 6) is 0. The number of nitrogens with one attached hydrogen (secondary N) is 1. The minimum atomic E-state index is -4.33. The molecule has 1 aromatic heterocycles. The molecule has 1 unspecified atom stereocenters. The van der Waals surface area contributed by atoms with E-state index in [4.69, 9.17) is 5.26 Å². The van der Waals surface area contributed by atoms with E-state index in [2.05, 4.69) is 10.4 Å². The number of nitriles is 1. The minimum Gasteiger partial charge on any atom is -0.290 e. The normalized spacial score (nSPS) is 13.5. The number of aryl methyl sites for hydroxylation is 2. The van der Waals surface area contributed by atoms with E-state index in [1.54, 1.807) is 20.0 Å². The minimum absolute atomic E-state index is 0.467. The van der Waals surface area contributed by atoms with Crippen LogP contribution in [0.3, 0.4) is 0 Å². The maximum atomic E-state index is 12.0. The number of alkyl halides is 3. The highest BCUT2D eigenvalue weighted by molar-refractivity contribution is 5.25. The highest BCUT2D eigenvalue weighted by atomic mass is 19.4. The van der Waals surface area contributed by atoms with Crippen molar-refractivity contribution in [2.45, 2.75) is 19.1 Å². The topological polar surface area (TPSA) is 53.6 Å². The predicted octanol–water partition coefficient (Wildman–Crippen LogP) is 1.45. The van der Waals surface area contributed by atoms with Gasteiger partial charge in [0.1, 0.15) is 6.04 Å². The van der Waals surface area contributed by atoms with E-state index in [1.165, 1.54) is 10.9 Å². The van der Waals surface area contributed by atoms with Crippen molar-refractivity contribution in [3.63, 3.8) is 0 Å². The quantitative estimate of drug-likeness (QED) is 0.858. The van der Waals surface area contributed by atoms with Crippen LogP contribution in [0.5, 0.6) is 0 Å². The van der Waals surface area contributed by atoms with Gasteiger partial charge in [0.05, 0.1) is 18.3 Å². The first kappa shape index (κ1) is 12.5. The fraction of sp³-hybridized carbons (Fsp3) is 0.556. The zero-order valence-corrected chi connectivity index (χ0v) is 8.84. The van der Waals surface area contributed by atoms with E-state index >= 15 is 0 Å². The molecular weight excluding hydrogens is 221 g/mol. The number of hydrogen-bond donors (Lipinski definition) is 1. The molecule has 0 bridgehead atoms. The Labute approximate surface area is 90.7 Å². The van der Waals surface area contributed by atoms with Crippen LogP contribution in [0.2, 0.25) is 0 Å². The van der Waals surface area contributed by atoms with Gasteiger partial charge in [0, 0.05) is 18.8 Å². The van der Waals surface area contributed by atoms with Crippen molar-refractivity contribution in [2.75, 3.05) is 6.54 Å². The van der Waals surface area contributed by atoms with Crippen molar-refractivity contribution in [1.29, 1.82) is 5.26 Å². The summed E-state index contributed by atoms with van der Waals surface area (Å²) in [6.45, 7) is 0.453. The first-order valence-electron chi connectivity index (χ1n) is 4.53. The molecule has 0 spiro atoms. The third-order valence-corrected chi connectivity index (χ3v) is 2.00. The number of rotatable bonds is 3. The summed E-state index contributed by atoms with van der Waals surface area (Å²) in [4.78, 5) is 0. The predicted molar refractivity (Wildman–Crippen MR) is 50.4 cm³/mol. The second kappa shape index (κ2) is 4.53. The molecule has 1 aromatic rings. The molecule has 0 saturated carbocycles. The van der Waals surface area contributed by atoms with Crippen molar-refractivity contribution in [3.05, 3.63) is 17.5 Å². The first-order chi connectivity index (χ1) is 7.33. The third kappa shape index (κ3) is 3.24. The van der Waals surface area contributed by atoms with Gasteiger partial charge in [-0.05, 0) is 6.92 Å². The van der Waals surface area contributed by atoms with Crippen LogP contribution in [0, 0.1) is 18.3 Å². The highest BCUT2D eigenvalue weighted by Gasteiger charge is 2.29. The molecule has 0 aliphatic rings. The molecule has 1 rings (SSSR count). The van der Waals surface area contributed by atoms with Gasteiger partial charge in [0.15, 0.2) is 0 Å². The number of aromatic nitrogens is 2. The second-order valence-corrected chi connectivity index (χ2v) is 3.40. The summed E-state index contributed by atoms with van der Waals surface area (Å²) >= 11 is 0. The standard InChI is InChI=1S/C9H11F3N4/c1-6-7(4-16(2)15-6)8(3-13)14-5-9(10,11)12/h4,8,14H,5H2,1-2H3. The van der Waals surface area contributed by atoms with Crippen molar-refractivity contribution in [1.82, 2.24) is 15.1 Å². The lowest BCUT2D eigenvalue weighted by Crippen LogP contribution is -2.31. The molecule has 0 aromatic carbocycles. The molecule has 1 heterocycles. The average Bonchev–Trinajstić information content (AvgIpc) is 2.45. The van der Waals surface area contributed by atoms with Gasteiger partial charge in [-0.3, -0.25) is 10.00 Å². The van der Waals surface area contributed by atoms with Crippen molar-refractivity contribution >= 4 is 0 Å². The van der Waals surface area contributed by atoms with Crippen LogP contribution in [0.4, 0.5) is 13.2 Å². The fourth-order valence-corrected chi connectivity index (χ4v) is 1.34. The van der Waals surface area contributed by atoms with Gasteiger partial charge in [-0.25, -0.2) is 0 Å². The zero-order valence-electron chi connectivity index (χ0n) is 8.84. The molecule has 7 heteroatoms. The molecule has 4 nitrogen and oxygen atoms in total. The Bertz CT molecular complexity index is 402. The van der Waals surface area contributed by atoms with E-state index in [-0.39, 0.29) is 0 Å². The Morgan fingerprint density at radius 2 is 2.25 bits per heavy atom. The summed E-state index contributed by atoms with van der Waals surface area (Å²) in [6, 6.07) is 0.790. The molecule has 0 amide bonds. The Morgan fingerprint density at radius 1 is 1.62 bits per heavy atom. The van der Waals surface area contributed by atoms with Crippen molar-refractivity contribution in [2.24, 2.45) is 7.05 Å². The van der Waals surface area contributed by atoms with Gasteiger partial charge in [0.25, 0.3) is 0 Å². The summed E-state index contributed by atoms with van der Waals surface area (Å²) in [5, 5.41) is 14.9. The van der Waals surface area contributed by atoms with Gasteiger partial charge in [-0.1, -0.05) is 0 Å². The molecule has 0 radical (unpaired) electrons. The lowest BCUT2D eigenvalue weighted by molar-refractivity contribution is -0.125. The molecule has 0 fully saturated rings. The Balaban J connectivity index is 2.77. The lowest BCUT2D eigenvalue weighted by atomic mass is 10.1. The largest absolute Gasteiger partial charge is 0.401 e. The molecule has 1 N–H and O–H groups in total. The Morgan fingerprint density at radius 3 is 2.62 bits per heavy atom. The number of hydrogen-bond acceptors (Lipinski definition) is 3. The van der Waals surface area contributed by atoms with E-state index in [0.717, 1.165) is 0 Å². The molecule has 1 atom stereocenters. The van der Waals surface area contributed by atoms with E-state index < -0.39 is 18.8 Å². The lowest BCUT2D eigenvalue weighted by Gasteiger charge is -2.12. The summed E-state index contributed by atoms with van der Waals surface area (Å²) < 4.78 is 37.4. The second-order valence-electron chi connectivity index (χ2n) is 3.40. The Kier molecular flexibility index (Phi) is 3.55.